The fourth-order valence-corrected chi connectivity index (χ4v) is 3.49. The molecule has 3 aromatic carbocycles. The second kappa shape index (κ2) is 20.6. The van der Waals surface area contributed by atoms with Gasteiger partial charge in [0.15, 0.2) is 0 Å². The molecular formula is C30H35NO4S. The minimum Gasteiger partial charge on any atom is -0.469 e. The lowest BCUT2D eigenvalue weighted by Gasteiger charge is -2.13. The quantitative estimate of drug-likeness (QED) is 0.189. The molecule has 0 aromatic heterocycles. The van der Waals surface area contributed by atoms with Crippen molar-refractivity contribution < 1.29 is 19.1 Å². The van der Waals surface area contributed by atoms with E-state index in [2.05, 4.69) is 89.5 Å². The van der Waals surface area contributed by atoms with Crippen molar-refractivity contribution in [2.24, 2.45) is 4.99 Å². The third kappa shape index (κ3) is 13.2. The minimum absolute atomic E-state index is 0.138. The number of methoxy groups -OCH3 is 1. The first kappa shape index (κ1) is 32.3. The van der Waals surface area contributed by atoms with Crippen molar-refractivity contribution in [1.82, 2.24) is 0 Å². The second-order valence-corrected chi connectivity index (χ2v) is 7.84. The van der Waals surface area contributed by atoms with E-state index in [1.807, 2.05) is 43.9 Å². The number of ether oxygens (including phenoxy) is 1. The molecular weight excluding hydrogens is 470 g/mol. The van der Waals surface area contributed by atoms with Crippen LogP contribution >= 0.6 is 12.2 Å². The molecule has 0 amide bonds. The largest absolute Gasteiger partial charge is 0.469 e. The highest BCUT2D eigenvalue weighted by Crippen LogP contribution is 2.23. The van der Waals surface area contributed by atoms with Gasteiger partial charge in [0.1, 0.15) is 13.6 Å². The maximum absolute atomic E-state index is 11.1. The Morgan fingerprint density at radius 1 is 0.917 bits per heavy atom. The van der Waals surface area contributed by atoms with Crippen LogP contribution in [0.25, 0.3) is 0 Å². The molecule has 0 bridgehead atoms. The zero-order chi connectivity index (χ0) is 27.2. The Balaban J connectivity index is 0.000000613. The van der Waals surface area contributed by atoms with Gasteiger partial charge >= 0.3 is 5.97 Å². The molecule has 0 aliphatic rings. The first-order chi connectivity index (χ1) is 17.5. The SMILES string of the molecule is C=O.C=O.CCC(CC(=O)OC)c1ccccc1.Cc1ccc(CCc2cccc(N=C=S)c2)cc1. The maximum atomic E-state index is 11.1. The molecule has 3 rings (SSSR count). The first-order valence-electron chi connectivity index (χ1n) is 11.5. The zero-order valence-corrected chi connectivity index (χ0v) is 22.1. The summed E-state index contributed by atoms with van der Waals surface area (Å²) < 4.78 is 4.67. The van der Waals surface area contributed by atoms with Crippen LogP contribution in [-0.2, 0) is 32.0 Å². The van der Waals surface area contributed by atoms with Crippen molar-refractivity contribution in [2.75, 3.05) is 7.11 Å². The van der Waals surface area contributed by atoms with Crippen molar-refractivity contribution >= 4 is 42.6 Å². The van der Waals surface area contributed by atoms with Crippen molar-refractivity contribution in [3.8, 4) is 0 Å². The molecule has 0 saturated carbocycles. The lowest BCUT2D eigenvalue weighted by atomic mass is 9.93. The second-order valence-electron chi connectivity index (χ2n) is 7.65. The third-order valence-corrected chi connectivity index (χ3v) is 5.40. The van der Waals surface area contributed by atoms with Gasteiger partial charge < -0.3 is 14.3 Å². The van der Waals surface area contributed by atoms with Gasteiger partial charge in [-0.25, -0.2) is 0 Å². The molecule has 0 N–H and O–H groups in total. The average Bonchev–Trinajstić information content (AvgIpc) is 2.94. The van der Waals surface area contributed by atoms with Crippen molar-refractivity contribution in [2.45, 2.75) is 45.4 Å². The average molecular weight is 506 g/mol. The van der Waals surface area contributed by atoms with E-state index in [-0.39, 0.29) is 11.9 Å². The number of benzene rings is 3. The monoisotopic (exact) mass is 505 g/mol. The number of esters is 1. The molecule has 1 unspecified atom stereocenters. The smallest absolute Gasteiger partial charge is 0.306 e. The lowest BCUT2D eigenvalue weighted by molar-refractivity contribution is -0.141. The standard InChI is InChI=1S/C16H15NS.C12H16O2.2CH2O/c1-13-5-7-14(8-6-13)9-10-15-3-2-4-16(11-15)17-12-18;1-3-10(9-12(13)14-2)11-7-5-4-6-8-11;2*1-2/h2-8,11H,9-10H2,1H3;4-8,10H,3,9H2,1-2H3;2*1H2. The Labute approximate surface area is 220 Å². The number of aryl methyl sites for hydroxylation is 3. The Hall–Kier alpha value is -3.73. The summed E-state index contributed by atoms with van der Waals surface area (Å²) in [7, 11) is 1.43. The Morgan fingerprint density at radius 2 is 1.53 bits per heavy atom. The fraction of sp³-hybridized carbons (Fsp3) is 0.267. The highest BCUT2D eigenvalue weighted by molar-refractivity contribution is 7.78. The number of thiocarbonyl (C=S) groups is 1. The molecule has 3 aromatic rings. The number of aliphatic imine (C=N–C) groups is 1. The van der Waals surface area contributed by atoms with Gasteiger partial charge in [0.25, 0.3) is 0 Å². The number of rotatable bonds is 8. The van der Waals surface area contributed by atoms with Gasteiger partial charge in [-0.2, -0.15) is 4.99 Å². The molecule has 36 heavy (non-hydrogen) atoms. The molecule has 0 heterocycles. The van der Waals surface area contributed by atoms with Crippen LogP contribution in [0.1, 0.15) is 47.9 Å². The van der Waals surface area contributed by atoms with Gasteiger partial charge in [-0.1, -0.05) is 79.2 Å². The minimum atomic E-state index is -0.138. The summed E-state index contributed by atoms with van der Waals surface area (Å²) in [5.74, 6) is 0.143. The Kier molecular flexibility index (Phi) is 18.5. The highest BCUT2D eigenvalue weighted by Gasteiger charge is 2.13. The van der Waals surface area contributed by atoms with Gasteiger partial charge in [-0.05, 0) is 73.1 Å². The van der Waals surface area contributed by atoms with E-state index in [4.69, 9.17) is 9.59 Å². The van der Waals surface area contributed by atoms with Crippen LogP contribution in [0.3, 0.4) is 0 Å². The summed E-state index contributed by atoms with van der Waals surface area (Å²) in [5, 5.41) is 2.40. The number of isothiocyanates is 1. The Morgan fingerprint density at radius 3 is 2.08 bits per heavy atom. The third-order valence-electron chi connectivity index (χ3n) is 5.31. The van der Waals surface area contributed by atoms with E-state index >= 15 is 0 Å². The summed E-state index contributed by atoms with van der Waals surface area (Å²) in [5.41, 5.74) is 6.04. The van der Waals surface area contributed by atoms with E-state index in [0.717, 1.165) is 24.9 Å². The number of nitrogens with zero attached hydrogens (tertiary/aromatic N) is 1. The van der Waals surface area contributed by atoms with E-state index in [9.17, 15) is 4.79 Å². The predicted molar refractivity (Wildman–Crippen MR) is 150 cm³/mol. The summed E-state index contributed by atoms with van der Waals surface area (Å²) in [6.45, 7) is 8.19. The van der Waals surface area contributed by atoms with Gasteiger partial charge in [-0.3, -0.25) is 4.79 Å². The fourth-order valence-electron chi connectivity index (χ4n) is 3.39. The summed E-state index contributed by atoms with van der Waals surface area (Å²) in [4.78, 5) is 31.1. The van der Waals surface area contributed by atoms with E-state index in [1.54, 1.807) is 0 Å². The molecule has 5 nitrogen and oxygen atoms in total. The summed E-state index contributed by atoms with van der Waals surface area (Å²) >= 11 is 4.61. The molecule has 0 radical (unpaired) electrons. The molecule has 1 atom stereocenters. The zero-order valence-electron chi connectivity index (χ0n) is 21.3. The van der Waals surface area contributed by atoms with Crippen molar-refractivity contribution in [3.05, 3.63) is 101 Å². The predicted octanol–water partition coefficient (Wildman–Crippen LogP) is 6.89. The summed E-state index contributed by atoms with van der Waals surface area (Å²) in [6.07, 6.45) is 3.49. The molecule has 190 valence electrons. The van der Waals surface area contributed by atoms with Crippen LogP contribution in [0, 0.1) is 6.92 Å². The van der Waals surface area contributed by atoms with E-state index < -0.39 is 0 Å². The maximum Gasteiger partial charge on any atom is 0.306 e. The molecule has 6 heteroatoms. The molecule has 0 aliphatic heterocycles. The highest BCUT2D eigenvalue weighted by atomic mass is 32.1. The topological polar surface area (TPSA) is 72.8 Å². The van der Waals surface area contributed by atoms with Crippen LogP contribution < -0.4 is 0 Å². The molecule has 0 fully saturated rings. The number of carbonyl (C=O) groups is 3. The Bertz CT molecular complexity index is 1050. The molecule has 0 saturated heterocycles. The van der Waals surface area contributed by atoms with Crippen LogP contribution in [0.5, 0.6) is 0 Å². The van der Waals surface area contributed by atoms with E-state index in [0.29, 0.717) is 6.42 Å². The van der Waals surface area contributed by atoms with Gasteiger partial charge in [0, 0.05) is 0 Å². The number of carbonyl (C=O) groups excluding carboxylic acids is 3. The lowest BCUT2D eigenvalue weighted by Crippen LogP contribution is -2.07. The summed E-state index contributed by atoms with van der Waals surface area (Å²) in [6, 6.07) is 26.9. The van der Waals surface area contributed by atoms with Crippen LogP contribution in [0.15, 0.2) is 83.9 Å². The van der Waals surface area contributed by atoms with Gasteiger partial charge in [-0.15, -0.1) is 0 Å². The van der Waals surface area contributed by atoms with Crippen molar-refractivity contribution in [3.63, 3.8) is 0 Å². The number of hydrogen-bond acceptors (Lipinski definition) is 6. The normalized spacial score (nSPS) is 9.86. The molecule has 0 aliphatic carbocycles. The van der Waals surface area contributed by atoms with Crippen LogP contribution in [0.4, 0.5) is 5.69 Å². The van der Waals surface area contributed by atoms with Crippen molar-refractivity contribution in [1.29, 1.82) is 0 Å². The van der Waals surface area contributed by atoms with E-state index in [1.165, 1.54) is 29.4 Å². The molecule has 0 spiro atoms. The van der Waals surface area contributed by atoms with Crippen LogP contribution in [-0.4, -0.2) is 31.8 Å². The van der Waals surface area contributed by atoms with Gasteiger partial charge in [0.2, 0.25) is 0 Å². The number of hydrogen-bond donors (Lipinski definition) is 0. The first-order valence-corrected chi connectivity index (χ1v) is 11.9. The van der Waals surface area contributed by atoms with Crippen LogP contribution in [0.2, 0.25) is 0 Å². The van der Waals surface area contributed by atoms with Gasteiger partial charge in [0.05, 0.1) is 24.4 Å².